The fourth-order valence-corrected chi connectivity index (χ4v) is 3.59. The van der Waals surface area contributed by atoms with Gasteiger partial charge in [-0.15, -0.1) is 15.3 Å². The van der Waals surface area contributed by atoms with Gasteiger partial charge in [-0.1, -0.05) is 12.1 Å². The average Bonchev–Trinajstić information content (AvgIpc) is 3.15. The van der Waals surface area contributed by atoms with Gasteiger partial charge in [-0.25, -0.2) is 0 Å². The van der Waals surface area contributed by atoms with Crippen molar-refractivity contribution in [1.29, 1.82) is 0 Å². The molecule has 9 heteroatoms. The van der Waals surface area contributed by atoms with Crippen molar-refractivity contribution in [2.24, 2.45) is 11.7 Å². The highest BCUT2D eigenvalue weighted by molar-refractivity contribution is 6.04. The number of fused-ring (bicyclic) bond motifs is 1. The standard InChI is InChI=1S/C19H21N7O2/c1-12-3-2-4-14(17(12)18(20)27)22-19(28)13-7-9-25(10-8-13)16-6-5-15-23-21-11-26(15)24-16/h2-6,11,13H,7-10H2,1H3,(H2,20,27)(H,22,28). The molecule has 1 aliphatic heterocycles. The number of anilines is 2. The second-order valence-electron chi connectivity index (χ2n) is 6.94. The summed E-state index contributed by atoms with van der Waals surface area (Å²) in [4.78, 5) is 26.6. The molecule has 2 aromatic heterocycles. The Morgan fingerprint density at radius 3 is 2.71 bits per heavy atom. The maximum Gasteiger partial charge on any atom is 0.251 e. The molecule has 0 bridgehead atoms. The minimum Gasteiger partial charge on any atom is -0.366 e. The van der Waals surface area contributed by atoms with Crippen LogP contribution < -0.4 is 16.0 Å². The summed E-state index contributed by atoms with van der Waals surface area (Å²) in [6.07, 6.45) is 2.97. The van der Waals surface area contributed by atoms with Crippen LogP contribution in [0.3, 0.4) is 0 Å². The highest BCUT2D eigenvalue weighted by Crippen LogP contribution is 2.25. The van der Waals surface area contributed by atoms with Gasteiger partial charge in [0.2, 0.25) is 5.91 Å². The third-order valence-electron chi connectivity index (χ3n) is 5.11. The molecule has 2 amide bonds. The number of rotatable bonds is 4. The van der Waals surface area contributed by atoms with Crippen LogP contribution in [0.1, 0.15) is 28.8 Å². The Morgan fingerprint density at radius 2 is 1.96 bits per heavy atom. The predicted molar refractivity (Wildman–Crippen MR) is 104 cm³/mol. The highest BCUT2D eigenvalue weighted by atomic mass is 16.2. The number of amides is 2. The number of nitrogens with one attached hydrogen (secondary N) is 1. The van der Waals surface area contributed by atoms with Gasteiger partial charge in [0.1, 0.15) is 12.1 Å². The first kappa shape index (κ1) is 17.9. The lowest BCUT2D eigenvalue weighted by atomic mass is 9.95. The Kier molecular flexibility index (Phi) is 4.64. The van der Waals surface area contributed by atoms with Crippen LogP contribution in [0.25, 0.3) is 5.65 Å². The van der Waals surface area contributed by atoms with E-state index in [1.807, 2.05) is 12.1 Å². The molecule has 0 atom stereocenters. The van der Waals surface area contributed by atoms with Crippen LogP contribution in [0.15, 0.2) is 36.7 Å². The Balaban J connectivity index is 1.42. The normalized spacial score (nSPS) is 15.0. The molecule has 1 aromatic carbocycles. The van der Waals surface area contributed by atoms with Crippen LogP contribution in [0.5, 0.6) is 0 Å². The van der Waals surface area contributed by atoms with Crippen LogP contribution >= 0.6 is 0 Å². The molecular formula is C19H21N7O2. The van der Waals surface area contributed by atoms with Crippen LogP contribution in [-0.2, 0) is 4.79 Å². The zero-order valence-corrected chi connectivity index (χ0v) is 15.5. The predicted octanol–water partition coefficient (Wildman–Crippen LogP) is 1.39. The van der Waals surface area contributed by atoms with Gasteiger partial charge in [0.25, 0.3) is 5.91 Å². The molecule has 0 unspecified atom stereocenters. The fourth-order valence-electron chi connectivity index (χ4n) is 3.59. The number of carbonyl (C=O) groups excluding carboxylic acids is 2. The molecule has 3 N–H and O–H groups in total. The Morgan fingerprint density at radius 1 is 1.18 bits per heavy atom. The molecule has 0 spiro atoms. The molecule has 9 nitrogen and oxygen atoms in total. The number of primary amides is 1. The summed E-state index contributed by atoms with van der Waals surface area (Å²) >= 11 is 0. The summed E-state index contributed by atoms with van der Waals surface area (Å²) in [7, 11) is 0. The SMILES string of the molecule is Cc1cccc(NC(=O)C2CCN(c3ccc4nncn4n3)CC2)c1C(N)=O. The molecule has 0 aliphatic carbocycles. The monoisotopic (exact) mass is 379 g/mol. The molecule has 144 valence electrons. The molecule has 3 heterocycles. The molecular weight excluding hydrogens is 358 g/mol. The summed E-state index contributed by atoms with van der Waals surface area (Å²) in [6, 6.07) is 9.09. The molecule has 0 radical (unpaired) electrons. The van der Waals surface area contributed by atoms with Gasteiger partial charge in [-0.05, 0) is 43.5 Å². The molecule has 3 aromatic rings. The lowest BCUT2D eigenvalue weighted by Gasteiger charge is -2.32. The van der Waals surface area contributed by atoms with Crippen molar-refractivity contribution in [1.82, 2.24) is 19.8 Å². The smallest absolute Gasteiger partial charge is 0.251 e. The van der Waals surface area contributed by atoms with E-state index in [4.69, 9.17) is 5.73 Å². The van der Waals surface area contributed by atoms with E-state index in [9.17, 15) is 9.59 Å². The zero-order chi connectivity index (χ0) is 19.7. The van der Waals surface area contributed by atoms with E-state index >= 15 is 0 Å². The van der Waals surface area contributed by atoms with Crippen molar-refractivity contribution in [2.75, 3.05) is 23.3 Å². The van der Waals surface area contributed by atoms with E-state index < -0.39 is 5.91 Å². The summed E-state index contributed by atoms with van der Waals surface area (Å²) < 4.78 is 1.64. The van der Waals surface area contributed by atoms with Crippen LogP contribution in [0.2, 0.25) is 0 Å². The van der Waals surface area contributed by atoms with E-state index in [2.05, 4.69) is 25.5 Å². The van der Waals surface area contributed by atoms with Crippen LogP contribution in [0, 0.1) is 12.8 Å². The fraction of sp³-hybridized carbons (Fsp3) is 0.316. The van der Waals surface area contributed by atoms with E-state index in [1.54, 1.807) is 36.0 Å². The Hall–Kier alpha value is -3.49. The Bertz CT molecular complexity index is 1040. The third kappa shape index (κ3) is 3.38. The van der Waals surface area contributed by atoms with Gasteiger partial charge >= 0.3 is 0 Å². The minimum atomic E-state index is -0.543. The first-order valence-corrected chi connectivity index (χ1v) is 9.15. The van der Waals surface area contributed by atoms with Crippen molar-refractivity contribution < 1.29 is 9.59 Å². The van der Waals surface area contributed by atoms with Gasteiger partial charge in [0, 0.05) is 19.0 Å². The molecule has 1 fully saturated rings. The third-order valence-corrected chi connectivity index (χ3v) is 5.11. The number of nitrogens with two attached hydrogens (primary N) is 1. The molecule has 1 aliphatic rings. The molecule has 1 saturated heterocycles. The quantitative estimate of drug-likeness (QED) is 0.707. The first-order chi connectivity index (χ1) is 13.5. The lowest BCUT2D eigenvalue weighted by molar-refractivity contribution is -0.120. The van der Waals surface area contributed by atoms with Gasteiger partial charge in [-0.3, -0.25) is 9.59 Å². The van der Waals surface area contributed by atoms with Crippen molar-refractivity contribution in [3.05, 3.63) is 47.8 Å². The molecule has 4 rings (SSSR count). The zero-order valence-electron chi connectivity index (χ0n) is 15.5. The molecule has 28 heavy (non-hydrogen) atoms. The van der Waals surface area contributed by atoms with E-state index in [0.29, 0.717) is 29.7 Å². The van der Waals surface area contributed by atoms with E-state index in [1.165, 1.54) is 0 Å². The summed E-state index contributed by atoms with van der Waals surface area (Å²) in [5.41, 5.74) is 7.74. The minimum absolute atomic E-state index is 0.0880. The number of piperidine rings is 1. The van der Waals surface area contributed by atoms with Crippen LogP contribution in [0.4, 0.5) is 11.5 Å². The van der Waals surface area contributed by atoms with Gasteiger partial charge in [-0.2, -0.15) is 4.52 Å². The van der Waals surface area contributed by atoms with Crippen molar-refractivity contribution in [3.63, 3.8) is 0 Å². The summed E-state index contributed by atoms with van der Waals surface area (Å²) in [6.45, 7) is 3.23. The van der Waals surface area contributed by atoms with Gasteiger partial charge in [0.05, 0.1) is 11.3 Å². The van der Waals surface area contributed by atoms with Gasteiger partial charge < -0.3 is 16.0 Å². The number of hydrogen-bond acceptors (Lipinski definition) is 6. The lowest BCUT2D eigenvalue weighted by Crippen LogP contribution is -2.39. The number of benzene rings is 1. The topological polar surface area (TPSA) is 119 Å². The van der Waals surface area contributed by atoms with Crippen molar-refractivity contribution in [2.45, 2.75) is 19.8 Å². The Labute approximate surface area is 161 Å². The number of aryl methyl sites for hydroxylation is 1. The highest BCUT2D eigenvalue weighted by Gasteiger charge is 2.27. The van der Waals surface area contributed by atoms with Crippen LogP contribution in [-0.4, -0.2) is 44.7 Å². The maximum atomic E-state index is 12.7. The van der Waals surface area contributed by atoms with Gasteiger partial charge in [0.15, 0.2) is 5.65 Å². The number of carbonyl (C=O) groups is 2. The maximum absolute atomic E-state index is 12.7. The molecule has 0 saturated carbocycles. The first-order valence-electron chi connectivity index (χ1n) is 9.15. The summed E-state index contributed by atoms with van der Waals surface area (Å²) in [5, 5.41) is 15.2. The number of hydrogen-bond donors (Lipinski definition) is 2. The average molecular weight is 379 g/mol. The number of aromatic nitrogens is 4. The van der Waals surface area contributed by atoms with Crippen molar-refractivity contribution >= 4 is 29.0 Å². The summed E-state index contributed by atoms with van der Waals surface area (Å²) in [5.74, 6) is 0.0747. The second kappa shape index (κ2) is 7.26. The van der Waals surface area contributed by atoms with E-state index in [0.717, 1.165) is 24.5 Å². The van der Waals surface area contributed by atoms with Crippen molar-refractivity contribution in [3.8, 4) is 0 Å². The number of nitrogens with zero attached hydrogens (tertiary/aromatic N) is 5. The van der Waals surface area contributed by atoms with E-state index in [-0.39, 0.29) is 11.8 Å². The largest absolute Gasteiger partial charge is 0.366 e. The second-order valence-corrected chi connectivity index (χ2v) is 6.94.